The molecule has 2 N–H and O–H groups in total. The number of anilines is 1. The third kappa shape index (κ3) is 2.89. The second-order valence-electron chi connectivity index (χ2n) is 5.14. The topological polar surface area (TPSA) is 72.1 Å². The van der Waals surface area contributed by atoms with Crippen LogP contribution in [0.25, 0.3) is 10.9 Å². The highest BCUT2D eigenvalue weighted by atomic mass is 35.5. The molecule has 110 valence electrons. The molecule has 2 heterocycles. The number of amides is 1. The van der Waals surface area contributed by atoms with Gasteiger partial charge in [0, 0.05) is 29.4 Å². The molecular weight excluding hydrogens is 311 g/mol. The molecule has 0 unspecified atom stereocenters. The Kier molecular flexibility index (Phi) is 3.87. The van der Waals surface area contributed by atoms with E-state index in [0.29, 0.717) is 5.02 Å². The molecule has 5 nitrogen and oxygen atoms in total. The zero-order chi connectivity index (χ0) is 15.0. The molecule has 3 rings (SSSR count). The minimum atomic E-state index is -0.230. The molecule has 0 aliphatic carbocycles. The lowest BCUT2D eigenvalue weighted by molar-refractivity contribution is -0.122. The van der Waals surface area contributed by atoms with E-state index in [-0.39, 0.29) is 17.1 Å². The fraction of sp³-hybridized carbons (Fsp3) is 0.357. The summed E-state index contributed by atoms with van der Waals surface area (Å²) in [5.74, 6) is 0.496. The minimum absolute atomic E-state index is 0.0562. The second-order valence-corrected chi connectivity index (χ2v) is 5.92. The SMILES string of the molecule is NC(=O)C1CCN(c2nc(Cl)nc3cc(Cl)ccc23)CC1. The number of nitrogens with two attached hydrogens (primary N) is 1. The largest absolute Gasteiger partial charge is 0.369 e. The first-order valence-electron chi connectivity index (χ1n) is 6.71. The first-order valence-corrected chi connectivity index (χ1v) is 7.47. The fourth-order valence-corrected chi connectivity index (χ4v) is 3.01. The van der Waals surface area contributed by atoms with E-state index in [2.05, 4.69) is 14.9 Å². The monoisotopic (exact) mass is 324 g/mol. The van der Waals surface area contributed by atoms with Crippen molar-refractivity contribution in [2.45, 2.75) is 12.8 Å². The molecular formula is C14H14Cl2N4O. The van der Waals surface area contributed by atoms with E-state index in [1.54, 1.807) is 12.1 Å². The first kappa shape index (κ1) is 14.4. The molecule has 1 fully saturated rings. The lowest BCUT2D eigenvalue weighted by Crippen LogP contribution is -2.39. The molecule has 0 atom stereocenters. The van der Waals surface area contributed by atoms with Gasteiger partial charge >= 0.3 is 0 Å². The Morgan fingerprint density at radius 1 is 1.24 bits per heavy atom. The number of piperidine rings is 1. The summed E-state index contributed by atoms with van der Waals surface area (Å²) in [6.07, 6.45) is 1.46. The van der Waals surface area contributed by atoms with Gasteiger partial charge < -0.3 is 10.6 Å². The van der Waals surface area contributed by atoms with Gasteiger partial charge in [0.2, 0.25) is 11.2 Å². The second kappa shape index (κ2) is 5.66. The van der Waals surface area contributed by atoms with Crippen molar-refractivity contribution in [1.82, 2.24) is 9.97 Å². The van der Waals surface area contributed by atoms with Gasteiger partial charge in [0.1, 0.15) is 5.82 Å². The summed E-state index contributed by atoms with van der Waals surface area (Å²) in [4.78, 5) is 21.9. The summed E-state index contributed by atoms with van der Waals surface area (Å²) < 4.78 is 0. The van der Waals surface area contributed by atoms with Gasteiger partial charge in [0.05, 0.1) is 5.52 Å². The molecule has 1 aromatic carbocycles. The third-order valence-electron chi connectivity index (χ3n) is 3.81. The van der Waals surface area contributed by atoms with Crippen LogP contribution in [0.1, 0.15) is 12.8 Å². The minimum Gasteiger partial charge on any atom is -0.369 e. The predicted molar refractivity (Wildman–Crippen MR) is 83.7 cm³/mol. The maximum atomic E-state index is 11.2. The van der Waals surface area contributed by atoms with Crippen LogP contribution in [0.4, 0.5) is 5.82 Å². The molecule has 7 heteroatoms. The quantitative estimate of drug-likeness (QED) is 0.862. The first-order chi connectivity index (χ1) is 10.0. The van der Waals surface area contributed by atoms with Crippen molar-refractivity contribution in [1.29, 1.82) is 0 Å². The van der Waals surface area contributed by atoms with Gasteiger partial charge in [-0.2, -0.15) is 4.98 Å². The number of benzene rings is 1. The van der Waals surface area contributed by atoms with Gasteiger partial charge in [-0.1, -0.05) is 11.6 Å². The molecule has 0 spiro atoms. The molecule has 1 aliphatic rings. The van der Waals surface area contributed by atoms with E-state index in [1.165, 1.54) is 0 Å². The van der Waals surface area contributed by atoms with Crippen molar-refractivity contribution in [3.63, 3.8) is 0 Å². The maximum Gasteiger partial charge on any atom is 0.224 e. The van der Waals surface area contributed by atoms with Gasteiger partial charge in [-0.25, -0.2) is 4.98 Å². The van der Waals surface area contributed by atoms with Gasteiger partial charge in [-0.05, 0) is 42.6 Å². The van der Waals surface area contributed by atoms with E-state index in [1.807, 2.05) is 6.07 Å². The fourth-order valence-electron chi connectivity index (χ4n) is 2.68. The van der Waals surface area contributed by atoms with Crippen molar-refractivity contribution in [3.05, 3.63) is 28.5 Å². The Morgan fingerprint density at radius 2 is 1.95 bits per heavy atom. The normalized spacial score (nSPS) is 16.4. The molecule has 0 radical (unpaired) electrons. The van der Waals surface area contributed by atoms with Crippen LogP contribution < -0.4 is 10.6 Å². The highest BCUT2D eigenvalue weighted by molar-refractivity contribution is 6.31. The Morgan fingerprint density at radius 3 is 2.62 bits per heavy atom. The van der Waals surface area contributed by atoms with Crippen LogP contribution in [0.15, 0.2) is 18.2 Å². The summed E-state index contributed by atoms with van der Waals surface area (Å²) in [7, 11) is 0. The number of hydrogen-bond acceptors (Lipinski definition) is 4. The number of carbonyl (C=O) groups excluding carboxylic acids is 1. The standard InChI is InChI=1S/C14H14Cl2N4O/c15-9-1-2-10-11(7-9)18-14(16)19-13(10)20-5-3-8(4-6-20)12(17)21/h1-2,7-8H,3-6H2,(H2,17,21). The third-order valence-corrected chi connectivity index (χ3v) is 4.21. The van der Waals surface area contributed by atoms with E-state index in [0.717, 1.165) is 42.7 Å². The van der Waals surface area contributed by atoms with Crippen LogP contribution in [0.5, 0.6) is 0 Å². The Labute approximate surface area is 132 Å². The number of carbonyl (C=O) groups is 1. The summed E-state index contributed by atoms with van der Waals surface area (Å²) >= 11 is 12.0. The van der Waals surface area contributed by atoms with Crippen molar-refractivity contribution < 1.29 is 4.79 Å². The average Bonchev–Trinajstić information content (AvgIpc) is 2.46. The average molecular weight is 325 g/mol. The van der Waals surface area contributed by atoms with Gasteiger partial charge in [-0.15, -0.1) is 0 Å². The zero-order valence-corrected chi connectivity index (χ0v) is 12.7. The summed E-state index contributed by atoms with van der Waals surface area (Å²) in [5.41, 5.74) is 6.08. The van der Waals surface area contributed by atoms with Crippen LogP contribution in [0, 0.1) is 5.92 Å². The number of nitrogens with zero attached hydrogens (tertiary/aromatic N) is 3. The van der Waals surface area contributed by atoms with E-state index in [4.69, 9.17) is 28.9 Å². The number of hydrogen-bond donors (Lipinski definition) is 1. The lowest BCUT2D eigenvalue weighted by atomic mass is 9.96. The Bertz CT molecular complexity index is 693. The van der Waals surface area contributed by atoms with Crippen LogP contribution in [-0.2, 0) is 4.79 Å². The number of aromatic nitrogens is 2. The number of rotatable bonds is 2. The van der Waals surface area contributed by atoms with E-state index >= 15 is 0 Å². The summed E-state index contributed by atoms with van der Waals surface area (Å²) in [6.45, 7) is 1.44. The van der Waals surface area contributed by atoms with E-state index in [9.17, 15) is 4.79 Å². The molecule has 1 aromatic heterocycles. The van der Waals surface area contributed by atoms with Crippen molar-refractivity contribution >= 4 is 45.8 Å². The molecule has 0 bridgehead atoms. The molecule has 1 saturated heterocycles. The zero-order valence-electron chi connectivity index (χ0n) is 11.2. The number of primary amides is 1. The predicted octanol–water partition coefficient (Wildman–Crippen LogP) is 2.64. The molecule has 21 heavy (non-hydrogen) atoms. The Hall–Kier alpha value is -1.59. The smallest absolute Gasteiger partial charge is 0.224 e. The maximum absolute atomic E-state index is 11.2. The van der Waals surface area contributed by atoms with Crippen LogP contribution in [-0.4, -0.2) is 29.0 Å². The van der Waals surface area contributed by atoms with Crippen LogP contribution in [0.2, 0.25) is 10.3 Å². The lowest BCUT2D eigenvalue weighted by Gasteiger charge is -2.32. The van der Waals surface area contributed by atoms with Crippen LogP contribution >= 0.6 is 23.2 Å². The van der Waals surface area contributed by atoms with Crippen LogP contribution in [0.3, 0.4) is 0 Å². The molecule has 0 saturated carbocycles. The highest BCUT2D eigenvalue weighted by Crippen LogP contribution is 2.30. The van der Waals surface area contributed by atoms with Gasteiger partial charge in [-0.3, -0.25) is 4.79 Å². The number of halogens is 2. The highest BCUT2D eigenvalue weighted by Gasteiger charge is 2.25. The van der Waals surface area contributed by atoms with Gasteiger partial charge in [0.15, 0.2) is 0 Å². The molecule has 1 amide bonds. The van der Waals surface area contributed by atoms with Crippen molar-refractivity contribution in [2.75, 3.05) is 18.0 Å². The van der Waals surface area contributed by atoms with Gasteiger partial charge in [0.25, 0.3) is 0 Å². The molecule has 2 aromatic rings. The van der Waals surface area contributed by atoms with E-state index < -0.39 is 0 Å². The van der Waals surface area contributed by atoms with Crippen molar-refractivity contribution in [3.8, 4) is 0 Å². The summed E-state index contributed by atoms with van der Waals surface area (Å²) in [5, 5.41) is 1.70. The van der Waals surface area contributed by atoms with Crippen molar-refractivity contribution in [2.24, 2.45) is 11.7 Å². The molecule has 1 aliphatic heterocycles. The summed E-state index contributed by atoms with van der Waals surface area (Å²) in [6, 6.07) is 5.47. The Balaban J connectivity index is 1.95. The number of fused-ring (bicyclic) bond motifs is 1.